The largest absolute Gasteiger partial charge is 0.416 e. The number of aromatic nitrogens is 2. The van der Waals surface area contributed by atoms with Crippen molar-refractivity contribution in [3.63, 3.8) is 0 Å². The molecule has 1 N–H and O–H groups in total. The maximum atomic E-state index is 13.1. The second-order valence-corrected chi connectivity index (χ2v) is 8.96. The summed E-state index contributed by atoms with van der Waals surface area (Å²) in [5, 5.41) is 4.57. The molecule has 1 aromatic heterocycles. The van der Waals surface area contributed by atoms with E-state index in [4.69, 9.17) is 0 Å². The molecule has 0 amide bonds. The fraction of sp³-hybridized carbons (Fsp3) is 0.286. The molecule has 1 heterocycles. The summed E-state index contributed by atoms with van der Waals surface area (Å²) in [4.78, 5) is 0.000461. The van der Waals surface area contributed by atoms with Gasteiger partial charge in [-0.25, -0.2) is 8.42 Å². The number of alkyl halides is 3. The molecule has 1 aliphatic rings. The molecule has 0 radical (unpaired) electrons. The summed E-state index contributed by atoms with van der Waals surface area (Å²) in [6, 6.07) is 13.0. The van der Waals surface area contributed by atoms with Crippen LogP contribution < -0.4 is 4.72 Å². The van der Waals surface area contributed by atoms with Crippen molar-refractivity contribution in [2.45, 2.75) is 42.8 Å². The van der Waals surface area contributed by atoms with Crippen LogP contribution in [-0.4, -0.2) is 18.2 Å². The third-order valence-corrected chi connectivity index (χ3v) is 6.58. The molecule has 0 atom stereocenters. The lowest BCUT2D eigenvalue weighted by Crippen LogP contribution is -2.14. The van der Waals surface area contributed by atoms with Gasteiger partial charge in [0.2, 0.25) is 0 Å². The van der Waals surface area contributed by atoms with Gasteiger partial charge in [0.1, 0.15) is 10.6 Å². The van der Waals surface area contributed by atoms with E-state index in [0.29, 0.717) is 11.3 Å². The first-order valence-corrected chi connectivity index (χ1v) is 11.1. The molecule has 9 heteroatoms. The van der Waals surface area contributed by atoms with Crippen molar-refractivity contribution in [1.29, 1.82) is 0 Å². The molecule has 0 spiro atoms. The molecule has 0 bridgehead atoms. The standard InChI is InChI=1S/C21H20F3N3O2S/c22-21(23,24)16-10-12-17(13-11-16)26-30(28,29)19-14-27(18-8-4-5-9-18)25-20(19)15-6-2-1-3-7-15/h1-3,6-7,10-14,18,26H,4-5,8-9H2. The molecule has 4 rings (SSSR count). The van der Waals surface area contributed by atoms with Crippen LogP contribution in [0.5, 0.6) is 0 Å². The first-order valence-electron chi connectivity index (χ1n) is 9.59. The Bertz CT molecular complexity index is 1120. The lowest BCUT2D eigenvalue weighted by Gasteiger charge is -2.10. The van der Waals surface area contributed by atoms with Crippen LogP contribution in [0.15, 0.2) is 65.7 Å². The molecule has 0 unspecified atom stereocenters. The number of sulfonamides is 1. The van der Waals surface area contributed by atoms with Crippen molar-refractivity contribution in [2.24, 2.45) is 0 Å². The smallest absolute Gasteiger partial charge is 0.280 e. The van der Waals surface area contributed by atoms with E-state index in [2.05, 4.69) is 9.82 Å². The fourth-order valence-corrected chi connectivity index (χ4v) is 4.88. The highest BCUT2D eigenvalue weighted by molar-refractivity contribution is 7.92. The fourth-order valence-electron chi connectivity index (χ4n) is 3.66. The molecule has 1 saturated carbocycles. The van der Waals surface area contributed by atoms with Crippen molar-refractivity contribution < 1.29 is 21.6 Å². The van der Waals surface area contributed by atoms with Crippen LogP contribution in [0.2, 0.25) is 0 Å². The Morgan fingerprint density at radius 1 is 0.967 bits per heavy atom. The summed E-state index contributed by atoms with van der Waals surface area (Å²) < 4.78 is 68.6. The number of benzene rings is 2. The lowest BCUT2D eigenvalue weighted by molar-refractivity contribution is -0.137. The van der Waals surface area contributed by atoms with E-state index < -0.39 is 21.8 Å². The average Bonchev–Trinajstić information content (AvgIpc) is 3.38. The maximum absolute atomic E-state index is 13.1. The van der Waals surface area contributed by atoms with Crippen molar-refractivity contribution in [1.82, 2.24) is 9.78 Å². The maximum Gasteiger partial charge on any atom is 0.416 e. The quantitative estimate of drug-likeness (QED) is 0.577. The Hall–Kier alpha value is -2.81. The predicted octanol–water partition coefficient (Wildman–Crippen LogP) is 5.48. The van der Waals surface area contributed by atoms with Gasteiger partial charge in [-0.1, -0.05) is 43.2 Å². The van der Waals surface area contributed by atoms with E-state index in [1.54, 1.807) is 28.9 Å². The van der Waals surface area contributed by atoms with Gasteiger partial charge in [0.15, 0.2) is 0 Å². The van der Waals surface area contributed by atoms with Crippen LogP contribution >= 0.6 is 0 Å². The highest BCUT2D eigenvalue weighted by Crippen LogP contribution is 2.34. The minimum absolute atomic E-state index is 0.000461. The van der Waals surface area contributed by atoms with Crippen LogP contribution in [0.4, 0.5) is 18.9 Å². The molecule has 0 aliphatic heterocycles. The van der Waals surface area contributed by atoms with Gasteiger partial charge in [-0.15, -0.1) is 0 Å². The normalized spacial score (nSPS) is 15.4. The van der Waals surface area contributed by atoms with Gasteiger partial charge in [-0.2, -0.15) is 18.3 Å². The molecule has 2 aromatic carbocycles. The molecule has 5 nitrogen and oxygen atoms in total. The molecule has 1 fully saturated rings. The van der Waals surface area contributed by atoms with Gasteiger partial charge in [0.25, 0.3) is 10.0 Å². The second-order valence-electron chi connectivity index (χ2n) is 7.31. The van der Waals surface area contributed by atoms with E-state index in [1.165, 1.54) is 6.20 Å². The highest BCUT2D eigenvalue weighted by atomic mass is 32.2. The zero-order chi connectivity index (χ0) is 21.4. The summed E-state index contributed by atoms with van der Waals surface area (Å²) in [6.07, 6.45) is 1.03. The molecule has 30 heavy (non-hydrogen) atoms. The highest BCUT2D eigenvalue weighted by Gasteiger charge is 2.31. The molecule has 3 aromatic rings. The van der Waals surface area contributed by atoms with Crippen LogP contribution in [0.1, 0.15) is 37.3 Å². The van der Waals surface area contributed by atoms with Crippen LogP contribution in [-0.2, 0) is 16.2 Å². The third kappa shape index (κ3) is 4.21. The number of halogens is 3. The van der Waals surface area contributed by atoms with E-state index in [-0.39, 0.29) is 16.6 Å². The summed E-state index contributed by atoms with van der Waals surface area (Å²) in [5.74, 6) is 0. The molecular weight excluding hydrogens is 415 g/mol. The summed E-state index contributed by atoms with van der Waals surface area (Å²) in [7, 11) is -4.06. The molecule has 0 saturated heterocycles. The van der Waals surface area contributed by atoms with Crippen molar-refractivity contribution in [3.8, 4) is 11.3 Å². The van der Waals surface area contributed by atoms with Crippen LogP contribution in [0.25, 0.3) is 11.3 Å². The number of rotatable bonds is 5. The van der Waals surface area contributed by atoms with Gasteiger partial charge in [-0.3, -0.25) is 9.40 Å². The van der Waals surface area contributed by atoms with Crippen LogP contribution in [0, 0.1) is 0 Å². The first-order chi connectivity index (χ1) is 14.2. The van der Waals surface area contributed by atoms with E-state index in [9.17, 15) is 21.6 Å². The molecule has 158 valence electrons. The van der Waals surface area contributed by atoms with Crippen molar-refractivity contribution in [3.05, 3.63) is 66.4 Å². The minimum Gasteiger partial charge on any atom is -0.280 e. The van der Waals surface area contributed by atoms with Gasteiger partial charge in [0.05, 0.1) is 11.6 Å². The zero-order valence-electron chi connectivity index (χ0n) is 15.9. The monoisotopic (exact) mass is 435 g/mol. The SMILES string of the molecule is O=S(=O)(Nc1ccc(C(F)(F)F)cc1)c1cn(C2CCCC2)nc1-c1ccccc1. The second kappa shape index (κ2) is 7.79. The summed E-state index contributed by atoms with van der Waals surface area (Å²) in [5.41, 5.74) is 0.184. The van der Waals surface area contributed by atoms with Crippen LogP contribution in [0.3, 0.4) is 0 Å². The summed E-state index contributed by atoms with van der Waals surface area (Å²) >= 11 is 0. The van der Waals surface area contributed by atoms with Gasteiger partial charge >= 0.3 is 6.18 Å². The van der Waals surface area contributed by atoms with Gasteiger partial charge in [-0.05, 0) is 37.1 Å². The third-order valence-electron chi connectivity index (χ3n) is 5.20. The van der Waals surface area contributed by atoms with Gasteiger partial charge < -0.3 is 0 Å². The Labute approximate surface area is 172 Å². The van der Waals surface area contributed by atoms with Crippen molar-refractivity contribution in [2.75, 3.05) is 4.72 Å². The van der Waals surface area contributed by atoms with Crippen molar-refractivity contribution >= 4 is 15.7 Å². The first kappa shape index (κ1) is 20.5. The van der Waals surface area contributed by atoms with E-state index in [0.717, 1.165) is 49.9 Å². The Morgan fingerprint density at radius 3 is 2.20 bits per heavy atom. The summed E-state index contributed by atoms with van der Waals surface area (Å²) in [6.45, 7) is 0. The Balaban J connectivity index is 1.70. The average molecular weight is 435 g/mol. The Morgan fingerprint density at radius 2 is 1.60 bits per heavy atom. The lowest BCUT2D eigenvalue weighted by atomic mass is 10.2. The predicted molar refractivity (Wildman–Crippen MR) is 107 cm³/mol. The molecular formula is C21H20F3N3O2S. The molecule has 1 aliphatic carbocycles. The topological polar surface area (TPSA) is 64.0 Å². The van der Waals surface area contributed by atoms with E-state index in [1.807, 2.05) is 6.07 Å². The van der Waals surface area contributed by atoms with Gasteiger partial charge in [0, 0.05) is 17.4 Å². The number of hydrogen-bond acceptors (Lipinski definition) is 3. The number of nitrogens with one attached hydrogen (secondary N) is 1. The number of nitrogens with zero attached hydrogens (tertiary/aromatic N) is 2. The van der Waals surface area contributed by atoms with E-state index >= 15 is 0 Å². The zero-order valence-corrected chi connectivity index (χ0v) is 16.7. The number of hydrogen-bond donors (Lipinski definition) is 1. The Kier molecular flexibility index (Phi) is 5.31. The minimum atomic E-state index is -4.49. The number of anilines is 1.